The van der Waals surface area contributed by atoms with E-state index in [-0.39, 0.29) is 11.9 Å². The minimum absolute atomic E-state index is 0.0326. The number of para-hydroxylation sites is 1. The normalized spacial score (nSPS) is 15.2. The Kier molecular flexibility index (Phi) is 6.60. The largest absolute Gasteiger partial charge is 0.457 e. The van der Waals surface area contributed by atoms with Gasteiger partial charge in [-0.05, 0) is 61.4 Å². The Hall–Kier alpha value is -3.93. The fourth-order valence-corrected chi connectivity index (χ4v) is 3.90. The summed E-state index contributed by atoms with van der Waals surface area (Å²) in [5, 5.41) is 12.2. The summed E-state index contributed by atoms with van der Waals surface area (Å²) >= 11 is 0. The van der Waals surface area contributed by atoms with Crippen molar-refractivity contribution in [3.63, 3.8) is 0 Å². The molecule has 0 unspecified atom stereocenters. The number of benzene rings is 2. The third kappa shape index (κ3) is 4.86. The van der Waals surface area contributed by atoms with Gasteiger partial charge < -0.3 is 15.0 Å². The SMILES string of the molecule is C=CC(=O)N1CCC[C@H]1CNc1ccncc1C(=N)c1ccc(Oc2ccccc2)cc1. The Labute approximate surface area is 188 Å². The van der Waals surface area contributed by atoms with E-state index in [1.165, 1.54) is 6.08 Å². The summed E-state index contributed by atoms with van der Waals surface area (Å²) in [7, 11) is 0. The van der Waals surface area contributed by atoms with Crippen LogP contribution in [0.4, 0.5) is 5.69 Å². The second-order valence-electron chi connectivity index (χ2n) is 7.65. The lowest BCUT2D eigenvalue weighted by atomic mass is 10.0. The summed E-state index contributed by atoms with van der Waals surface area (Å²) in [4.78, 5) is 18.1. The molecule has 1 amide bonds. The zero-order chi connectivity index (χ0) is 22.3. The maximum absolute atomic E-state index is 12.1. The molecule has 2 N–H and O–H groups in total. The molecule has 162 valence electrons. The first kappa shape index (κ1) is 21.3. The molecule has 0 radical (unpaired) electrons. The Morgan fingerprint density at radius 2 is 1.91 bits per heavy atom. The number of hydrogen-bond donors (Lipinski definition) is 2. The van der Waals surface area contributed by atoms with Crippen LogP contribution >= 0.6 is 0 Å². The summed E-state index contributed by atoms with van der Waals surface area (Å²) in [6, 6.07) is 19.0. The molecule has 6 heteroatoms. The minimum Gasteiger partial charge on any atom is -0.457 e. The second kappa shape index (κ2) is 9.92. The Morgan fingerprint density at radius 3 is 2.66 bits per heavy atom. The average molecular weight is 427 g/mol. The average Bonchev–Trinajstić information content (AvgIpc) is 3.32. The monoisotopic (exact) mass is 426 g/mol. The smallest absolute Gasteiger partial charge is 0.246 e. The number of aromatic nitrogens is 1. The predicted octanol–water partition coefficient (Wildman–Crippen LogP) is 4.88. The summed E-state index contributed by atoms with van der Waals surface area (Å²) in [6.45, 7) is 4.98. The number of likely N-dealkylation sites (tertiary alicyclic amines) is 1. The number of pyridine rings is 1. The molecule has 2 aromatic carbocycles. The van der Waals surface area contributed by atoms with Crippen molar-refractivity contribution in [2.75, 3.05) is 18.4 Å². The Morgan fingerprint density at radius 1 is 1.16 bits per heavy atom. The van der Waals surface area contributed by atoms with Gasteiger partial charge in [0, 0.05) is 48.3 Å². The minimum atomic E-state index is -0.0326. The van der Waals surface area contributed by atoms with Gasteiger partial charge in [-0.15, -0.1) is 0 Å². The van der Waals surface area contributed by atoms with Crippen LogP contribution in [0.3, 0.4) is 0 Å². The first-order valence-electron chi connectivity index (χ1n) is 10.7. The molecule has 0 aliphatic carbocycles. The molecule has 0 bridgehead atoms. The molecule has 0 spiro atoms. The molecule has 2 heterocycles. The van der Waals surface area contributed by atoms with Crippen molar-refractivity contribution in [3.8, 4) is 11.5 Å². The molecule has 1 aromatic heterocycles. The van der Waals surface area contributed by atoms with Gasteiger partial charge in [-0.1, -0.05) is 24.8 Å². The molecule has 1 atom stereocenters. The van der Waals surface area contributed by atoms with Crippen molar-refractivity contribution < 1.29 is 9.53 Å². The fourth-order valence-electron chi connectivity index (χ4n) is 3.90. The van der Waals surface area contributed by atoms with Crippen LogP contribution < -0.4 is 10.1 Å². The van der Waals surface area contributed by atoms with Crippen molar-refractivity contribution in [2.45, 2.75) is 18.9 Å². The molecule has 1 saturated heterocycles. The van der Waals surface area contributed by atoms with Crippen LogP contribution in [-0.2, 0) is 4.79 Å². The van der Waals surface area contributed by atoms with Crippen LogP contribution in [0.1, 0.15) is 24.0 Å². The van der Waals surface area contributed by atoms with E-state index in [4.69, 9.17) is 10.1 Å². The van der Waals surface area contributed by atoms with Gasteiger partial charge in [0.25, 0.3) is 0 Å². The maximum atomic E-state index is 12.1. The van der Waals surface area contributed by atoms with E-state index >= 15 is 0 Å². The Balaban J connectivity index is 1.45. The van der Waals surface area contributed by atoms with Crippen LogP contribution in [-0.4, -0.2) is 40.6 Å². The van der Waals surface area contributed by atoms with E-state index in [2.05, 4.69) is 16.9 Å². The highest BCUT2D eigenvalue weighted by Gasteiger charge is 2.27. The summed E-state index contributed by atoms with van der Waals surface area (Å²) in [5.41, 5.74) is 2.68. The third-order valence-corrected chi connectivity index (χ3v) is 5.58. The van der Waals surface area contributed by atoms with Crippen LogP contribution in [0.5, 0.6) is 11.5 Å². The number of carbonyl (C=O) groups excluding carboxylic acids is 1. The number of rotatable bonds is 8. The summed E-state index contributed by atoms with van der Waals surface area (Å²) in [6.07, 6.45) is 6.71. The zero-order valence-corrected chi connectivity index (χ0v) is 17.8. The van der Waals surface area contributed by atoms with Crippen molar-refractivity contribution >= 4 is 17.3 Å². The molecule has 1 aliphatic rings. The summed E-state index contributed by atoms with van der Waals surface area (Å²) in [5.74, 6) is 1.45. The van der Waals surface area contributed by atoms with E-state index in [9.17, 15) is 4.79 Å². The van der Waals surface area contributed by atoms with Crippen LogP contribution in [0.25, 0.3) is 0 Å². The fraction of sp³-hybridized carbons (Fsp3) is 0.192. The Bertz CT molecular complexity index is 1100. The van der Waals surface area contributed by atoms with Gasteiger partial charge in [-0.3, -0.25) is 15.2 Å². The van der Waals surface area contributed by atoms with Gasteiger partial charge in [0.1, 0.15) is 11.5 Å². The van der Waals surface area contributed by atoms with Crippen LogP contribution in [0.2, 0.25) is 0 Å². The zero-order valence-electron chi connectivity index (χ0n) is 17.8. The summed E-state index contributed by atoms with van der Waals surface area (Å²) < 4.78 is 5.84. The van der Waals surface area contributed by atoms with Gasteiger partial charge in [0.2, 0.25) is 5.91 Å². The molecule has 32 heavy (non-hydrogen) atoms. The van der Waals surface area contributed by atoms with Gasteiger partial charge in [-0.2, -0.15) is 0 Å². The highest BCUT2D eigenvalue weighted by Crippen LogP contribution is 2.24. The molecule has 6 nitrogen and oxygen atoms in total. The number of hydrogen-bond acceptors (Lipinski definition) is 5. The molecular weight excluding hydrogens is 400 g/mol. The quantitative estimate of drug-likeness (QED) is 0.398. The topological polar surface area (TPSA) is 78.3 Å². The first-order chi connectivity index (χ1) is 15.7. The van der Waals surface area contributed by atoms with E-state index in [1.807, 2.05) is 65.6 Å². The van der Waals surface area contributed by atoms with E-state index < -0.39 is 0 Å². The van der Waals surface area contributed by atoms with Crippen molar-refractivity contribution in [1.82, 2.24) is 9.88 Å². The van der Waals surface area contributed by atoms with Gasteiger partial charge in [0.15, 0.2) is 0 Å². The number of anilines is 1. The molecule has 3 aromatic rings. The number of carbonyl (C=O) groups is 1. The van der Waals surface area contributed by atoms with Crippen LogP contribution in [0.15, 0.2) is 85.7 Å². The second-order valence-corrected chi connectivity index (χ2v) is 7.65. The highest BCUT2D eigenvalue weighted by molar-refractivity contribution is 6.13. The predicted molar refractivity (Wildman–Crippen MR) is 127 cm³/mol. The lowest BCUT2D eigenvalue weighted by Gasteiger charge is -2.24. The van der Waals surface area contributed by atoms with E-state index in [0.29, 0.717) is 23.6 Å². The van der Waals surface area contributed by atoms with Crippen LogP contribution in [0, 0.1) is 5.41 Å². The third-order valence-electron chi connectivity index (χ3n) is 5.58. The maximum Gasteiger partial charge on any atom is 0.246 e. The number of amides is 1. The van der Waals surface area contributed by atoms with Gasteiger partial charge in [0.05, 0.1) is 5.71 Å². The standard InChI is InChI=1S/C26H26N4O2/c1-2-25(31)30-16-6-7-20(30)17-29-24-14-15-28-18-23(24)26(27)19-10-12-22(13-11-19)32-21-8-4-3-5-9-21/h2-5,8-15,18,20,27H,1,6-7,16-17H2,(H,28,29)/t20-/m0/s1. The number of nitrogens with zero attached hydrogens (tertiary/aromatic N) is 2. The van der Waals surface area contributed by atoms with Crippen molar-refractivity contribution in [1.29, 1.82) is 5.41 Å². The molecule has 4 rings (SSSR count). The number of nitrogens with one attached hydrogen (secondary N) is 2. The van der Waals surface area contributed by atoms with E-state index in [1.54, 1.807) is 12.4 Å². The lowest BCUT2D eigenvalue weighted by Crippen LogP contribution is -2.38. The molecule has 0 saturated carbocycles. The molecule has 1 fully saturated rings. The van der Waals surface area contributed by atoms with Crippen molar-refractivity contribution in [2.24, 2.45) is 0 Å². The molecular formula is C26H26N4O2. The first-order valence-corrected chi connectivity index (χ1v) is 10.7. The van der Waals surface area contributed by atoms with E-state index in [0.717, 1.165) is 36.4 Å². The lowest BCUT2D eigenvalue weighted by molar-refractivity contribution is -0.126. The number of ether oxygens (including phenoxy) is 1. The highest BCUT2D eigenvalue weighted by atomic mass is 16.5. The van der Waals surface area contributed by atoms with Gasteiger partial charge in [-0.25, -0.2) is 0 Å². The van der Waals surface area contributed by atoms with Gasteiger partial charge >= 0.3 is 0 Å². The molecule has 1 aliphatic heterocycles. The van der Waals surface area contributed by atoms with Crippen molar-refractivity contribution in [3.05, 3.63) is 96.8 Å².